The molecular formula is C12H19ClFNO2. The Labute approximate surface area is 107 Å². The maximum atomic E-state index is 13.4. The van der Waals surface area contributed by atoms with Gasteiger partial charge in [0.2, 0.25) is 0 Å². The summed E-state index contributed by atoms with van der Waals surface area (Å²) in [6.07, 6.45) is 1.62. The molecular weight excluding hydrogens is 245 g/mol. The number of benzene rings is 1. The summed E-state index contributed by atoms with van der Waals surface area (Å²) in [5.74, 6) is -0.723. The summed E-state index contributed by atoms with van der Waals surface area (Å²) in [6, 6.07) is 3.03. The van der Waals surface area contributed by atoms with Crippen LogP contribution in [0.1, 0.15) is 37.8 Å². The average Bonchev–Trinajstić information content (AvgIpc) is 2.25. The van der Waals surface area contributed by atoms with Crippen LogP contribution in [0.5, 0.6) is 5.75 Å². The van der Waals surface area contributed by atoms with Crippen molar-refractivity contribution in [2.24, 2.45) is 5.73 Å². The first-order chi connectivity index (χ1) is 7.56. The zero-order valence-electron chi connectivity index (χ0n) is 9.77. The van der Waals surface area contributed by atoms with E-state index in [4.69, 9.17) is 10.8 Å². The number of rotatable bonds is 5. The van der Waals surface area contributed by atoms with Crippen molar-refractivity contribution in [1.29, 1.82) is 0 Å². The first-order valence-electron chi connectivity index (χ1n) is 5.48. The van der Waals surface area contributed by atoms with Crippen molar-refractivity contribution in [3.63, 3.8) is 0 Å². The fourth-order valence-electron chi connectivity index (χ4n) is 1.59. The second-order valence-electron chi connectivity index (χ2n) is 3.94. The highest BCUT2D eigenvalue weighted by atomic mass is 35.5. The fraction of sp³-hybridized carbons (Fsp3) is 0.500. The van der Waals surface area contributed by atoms with Crippen LogP contribution in [0.3, 0.4) is 0 Å². The lowest BCUT2D eigenvalue weighted by atomic mass is 9.98. The SMILES string of the molecule is CCCC[C@@H](O)[C@@H](N)c1ccc(O)cc1F.Cl. The summed E-state index contributed by atoms with van der Waals surface area (Å²) in [4.78, 5) is 0. The van der Waals surface area contributed by atoms with Crippen molar-refractivity contribution >= 4 is 12.4 Å². The molecule has 0 bridgehead atoms. The topological polar surface area (TPSA) is 66.5 Å². The molecule has 0 fully saturated rings. The molecule has 0 aliphatic rings. The van der Waals surface area contributed by atoms with Crippen molar-refractivity contribution in [2.75, 3.05) is 0 Å². The van der Waals surface area contributed by atoms with E-state index >= 15 is 0 Å². The Balaban J connectivity index is 0.00000256. The van der Waals surface area contributed by atoms with Crippen molar-refractivity contribution in [3.05, 3.63) is 29.6 Å². The molecule has 4 N–H and O–H groups in total. The molecule has 0 spiro atoms. The molecule has 0 radical (unpaired) electrons. The maximum absolute atomic E-state index is 13.4. The molecule has 0 aliphatic heterocycles. The fourth-order valence-corrected chi connectivity index (χ4v) is 1.59. The Kier molecular flexibility index (Phi) is 7.11. The monoisotopic (exact) mass is 263 g/mol. The van der Waals surface area contributed by atoms with E-state index in [1.54, 1.807) is 0 Å². The third-order valence-electron chi connectivity index (χ3n) is 2.61. The first kappa shape index (κ1) is 16.2. The van der Waals surface area contributed by atoms with Crippen LogP contribution in [0, 0.1) is 5.82 Å². The van der Waals surface area contributed by atoms with E-state index in [9.17, 15) is 9.50 Å². The van der Waals surface area contributed by atoms with E-state index in [-0.39, 0.29) is 23.7 Å². The minimum atomic E-state index is -0.751. The lowest BCUT2D eigenvalue weighted by Crippen LogP contribution is -2.26. The molecule has 0 unspecified atom stereocenters. The van der Waals surface area contributed by atoms with Gasteiger partial charge in [0, 0.05) is 11.6 Å². The number of aliphatic hydroxyl groups excluding tert-OH is 1. The van der Waals surface area contributed by atoms with Crippen LogP contribution >= 0.6 is 12.4 Å². The zero-order valence-corrected chi connectivity index (χ0v) is 10.6. The van der Waals surface area contributed by atoms with E-state index in [0.29, 0.717) is 6.42 Å². The van der Waals surface area contributed by atoms with Crippen molar-refractivity contribution in [2.45, 2.75) is 38.3 Å². The number of unbranched alkanes of at least 4 members (excludes halogenated alkanes) is 1. The van der Waals surface area contributed by atoms with E-state index in [1.807, 2.05) is 6.92 Å². The number of hydrogen-bond acceptors (Lipinski definition) is 3. The van der Waals surface area contributed by atoms with Crippen molar-refractivity contribution < 1.29 is 14.6 Å². The van der Waals surface area contributed by atoms with Crippen molar-refractivity contribution in [1.82, 2.24) is 0 Å². The molecule has 2 atom stereocenters. The van der Waals surface area contributed by atoms with Crippen LogP contribution < -0.4 is 5.73 Å². The average molecular weight is 264 g/mol. The summed E-state index contributed by atoms with van der Waals surface area (Å²) in [5.41, 5.74) is 6.00. The molecule has 0 aromatic heterocycles. The Bertz CT molecular complexity index is 349. The molecule has 1 rings (SSSR count). The molecule has 1 aromatic rings. The van der Waals surface area contributed by atoms with E-state index < -0.39 is 18.0 Å². The minimum Gasteiger partial charge on any atom is -0.508 e. The predicted molar refractivity (Wildman–Crippen MR) is 67.8 cm³/mol. The highest BCUT2D eigenvalue weighted by molar-refractivity contribution is 5.85. The van der Waals surface area contributed by atoms with E-state index in [1.165, 1.54) is 12.1 Å². The van der Waals surface area contributed by atoms with Crippen LogP contribution in [0.2, 0.25) is 0 Å². The minimum absolute atomic E-state index is 0. The number of nitrogens with two attached hydrogens (primary N) is 1. The van der Waals surface area contributed by atoms with Gasteiger partial charge in [-0.05, 0) is 12.5 Å². The highest BCUT2D eigenvalue weighted by Crippen LogP contribution is 2.23. The molecule has 17 heavy (non-hydrogen) atoms. The summed E-state index contributed by atoms with van der Waals surface area (Å²) in [7, 11) is 0. The quantitative estimate of drug-likeness (QED) is 0.765. The lowest BCUT2D eigenvalue weighted by molar-refractivity contribution is 0.131. The number of aliphatic hydroxyl groups is 1. The van der Waals surface area contributed by atoms with Gasteiger partial charge in [0.15, 0.2) is 0 Å². The van der Waals surface area contributed by atoms with Gasteiger partial charge >= 0.3 is 0 Å². The van der Waals surface area contributed by atoms with Gasteiger partial charge in [-0.3, -0.25) is 0 Å². The molecule has 5 heteroatoms. The molecule has 0 heterocycles. The van der Waals surface area contributed by atoms with Crippen molar-refractivity contribution in [3.8, 4) is 5.75 Å². The van der Waals surface area contributed by atoms with Gasteiger partial charge in [0.05, 0.1) is 12.1 Å². The molecule has 0 saturated carbocycles. The highest BCUT2D eigenvalue weighted by Gasteiger charge is 2.19. The third kappa shape index (κ3) is 4.50. The maximum Gasteiger partial charge on any atom is 0.131 e. The first-order valence-corrected chi connectivity index (χ1v) is 5.48. The Morgan fingerprint density at radius 2 is 2.06 bits per heavy atom. The molecule has 1 aromatic carbocycles. The standard InChI is InChI=1S/C12H18FNO2.ClH/c1-2-3-4-11(16)12(14)9-6-5-8(15)7-10(9)13;/h5-7,11-12,15-16H,2-4,14H2,1H3;1H/t11-,12+;/m1./s1. The lowest BCUT2D eigenvalue weighted by Gasteiger charge is -2.19. The Morgan fingerprint density at radius 3 is 2.59 bits per heavy atom. The summed E-state index contributed by atoms with van der Waals surface area (Å²) >= 11 is 0. The van der Waals surface area contributed by atoms with E-state index in [2.05, 4.69) is 0 Å². The molecule has 0 saturated heterocycles. The second kappa shape index (κ2) is 7.48. The van der Waals surface area contributed by atoms with Crippen LogP contribution in [-0.4, -0.2) is 16.3 Å². The number of aromatic hydroxyl groups is 1. The van der Waals surface area contributed by atoms with E-state index in [0.717, 1.165) is 18.9 Å². The molecule has 0 aliphatic carbocycles. The zero-order chi connectivity index (χ0) is 12.1. The van der Waals surface area contributed by atoms with Gasteiger partial charge in [-0.2, -0.15) is 0 Å². The van der Waals surface area contributed by atoms with Crippen LogP contribution in [0.15, 0.2) is 18.2 Å². The Hall–Kier alpha value is -0.840. The molecule has 98 valence electrons. The number of hydrogen-bond donors (Lipinski definition) is 3. The van der Waals surface area contributed by atoms with Gasteiger partial charge in [-0.25, -0.2) is 4.39 Å². The molecule has 0 amide bonds. The number of phenols is 1. The summed E-state index contributed by atoms with van der Waals surface area (Å²) < 4.78 is 13.4. The molecule has 3 nitrogen and oxygen atoms in total. The van der Waals surface area contributed by atoms with Crippen LogP contribution in [-0.2, 0) is 0 Å². The third-order valence-corrected chi connectivity index (χ3v) is 2.61. The van der Waals surface area contributed by atoms with Crippen LogP contribution in [0.25, 0.3) is 0 Å². The number of phenolic OH excluding ortho intramolecular Hbond substituents is 1. The Morgan fingerprint density at radius 1 is 1.41 bits per heavy atom. The van der Waals surface area contributed by atoms with Crippen LogP contribution in [0.4, 0.5) is 4.39 Å². The van der Waals surface area contributed by atoms with Gasteiger partial charge in [0.25, 0.3) is 0 Å². The van der Waals surface area contributed by atoms with Gasteiger partial charge < -0.3 is 15.9 Å². The van der Waals surface area contributed by atoms with Gasteiger partial charge in [-0.1, -0.05) is 25.8 Å². The number of halogens is 2. The second-order valence-corrected chi connectivity index (χ2v) is 3.94. The normalized spacial score (nSPS) is 13.9. The smallest absolute Gasteiger partial charge is 0.131 e. The van der Waals surface area contributed by atoms with Gasteiger partial charge in [-0.15, -0.1) is 12.4 Å². The summed E-state index contributed by atoms with van der Waals surface area (Å²) in [5, 5.41) is 18.8. The predicted octanol–water partition coefficient (Wildman–Crippen LogP) is 2.50. The summed E-state index contributed by atoms with van der Waals surface area (Å²) in [6.45, 7) is 2.01. The largest absolute Gasteiger partial charge is 0.508 e. The van der Waals surface area contributed by atoms with Gasteiger partial charge in [0.1, 0.15) is 11.6 Å².